The molecule has 0 bridgehead atoms. The maximum absolute atomic E-state index is 12.0. The Hall–Kier alpha value is -1.30. The summed E-state index contributed by atoms with van der Waals surface area (Å²) in [5.41, 5.74) is 0. The number of hydrogen-bond acceptors (Lipinski definition) is 3. The van der Waals surface area contributed by atoms with Crippen LogP contribution in [-0.4, -0.2) is 52.3 Å². The summed E-state index contributed by atoms with van der Waals surface area (Å²) in [6, 6.07) is -1.45. The number of urea groups is 1. The van der Waals surface area contributed by atoms with E-state index in [1.54, 1.807) is 4.90 Å². The van der Waals surface area contributed by atoms with E-state index in [4.69, 9.17) is 10.2 Å². The summed E-state index contributed by atoms with van der Waals surface area (Å²) < 4.78 is 0. The van der Waals surface area contributed by atoms with E-state index in [0.717, 1.165) is 0 Å². The van der Waals surface area contributed by atoms with Crippen LogP contribution in [0.3, 0.4) is 0 Å². The minimum absolute atomic E-state index is 0.00373. The third kappa shape index (κ3) is 5.86. The van der Waals surface area contributed by atoms with Crippen LogP contribution in [0, 0.1) is 5.92 Å². The van der Waals surface area contributed by atoms with Crippen LogP contribution in [0.5, 0.6) is 0 Å². The number of nitrogens with zero attached hydrogens (tertiary/aromatic N) is 1. The monoisotopic (exact) mass is 260 g/mol. The largest absolute Gasteiger partial charge is 0.480 e. The lowest BCUT2D eigenvalue weighted by Gasteiger charge is -2.29. The van der Waals surface area contributed by atoms with Crippen LogP contribution in [0.15, 0.2) is 0 Å². The highest BCUT2D eigenvalue weighted by molar-refractivity contribution is 5.82. The van der Waals surface area contributed by atoms with E-state index >= 15 is 0 Å². The van der Waals surface area contributed by atoms with Crippen molar-refractivity contribution in [3.63, 3.8) is 0 Å². The van der Waals surface area contributed by atoms with Gasteiger partial charge in [-0.15, -0.1) is 0 Å². The standard InChI is InChI=1S/C12H24N2O4/c1-8(2)7-14(9(3)4)12(18)13-10(5-6-15)11(16)17/h8-10,15H,5-7H2,1-4H3,(H,13,18)(H,16,17)/t10-/m1/s1. The van der Waals surface area contributed by atoms with Gasteiger partial charge in [-0.25, -0.2) is 9.59 Å². The second kappa shape index (κ2) is 7.92. The Morgan fingerprint density at radius 3 is 2.11 bits per heavy atom. The summed E-state index contributed by atoms with van der Waals surface area (Å²) in [6.45, 7) is 8.03. The van der Waals surface area contributed by atoms with Crippen LogP contribution in [0.2, 0.25) is 0 Å². The number of carboxylic acid groups (broad SMARTS) is 1. The molecule has 0 heterocycles. The number of nitrogens with one attached hydrogen (secondary N) is 1. The first-order valence-electron chi connectivity index (χ1n) is 6.20. The lowest BCUT2D eigenvalue weighted by atomic mass is 10.2. The van der Waals surface area contributed by atoms with E-state index < -0.39 is 18.0 Å². The molecule has 0 aromatic carbocycles. The number of carbonyl (C=O) groups is 2. The van der Waals surface area contributed by atoms with Gasteiger partial charge in [0.15, 0.2) is 0 Å². The van der Waals surface area contributed by atoms with Gasteiger partial charge in [0.25, 0.3) is 0 Å². The summed E-state index contributed by atoms with van der Waals surface area (Å²) in [6.07, 6.45) is 0.00862. The maximum Gasteiger partial charge on any atom is 0.326 e. The summed E-state index contributed by atoms with van der Waals surface area (Å²) in [5, 5.41) is 20.1. The predicted octanol–water partition coefficient (Wildman–Crippen LogP) is 0.898. The normalized spacial score (nSPS) is 12.6. The van der Waals surface area contributed by atoms with Crippen LogP contribution in [-0.2, 0) is 4.79 Å². The highest BCUT2D eigenvalue weighted by atomic mass is 16.4. The van der Waals surface area contributed by atoms with Gasteiger partial charge in [-0.2, -0.15) is 0 Å². The van der Waals surface area contributed by atoms with Crippen LogP contribution in [0.4, 0.5) is 4.79 Å². The zero-order chi connectivity index (χ0) is 14.3. The fourth-order valence-electron chi connectivity index (χ4n) is 1.54. The summed E-state index contributed by atoms with van der Waals surface area (Å²) in [7, 11) is 0. The van der Waals surface area contributed by atoms with Crippen molar-refractivity contribution in [3.05, 3.63) is 0 Å². The van der Waals surface area contributed by atoms with Gasteiger partial charge >= 0.3 is 12.0 Å². The topological polar surface area (TPSA) is 89.9 Å². The Bertz CT molecular complexity index is 279. The number of carbonyl (C=O) groups excluding carboxylic acids is 1. The molecule has 0 aromatic heterocycles. The maximum atomic E-state index is 12.0. The number of aliphatic hydroxyl groups excluding tert-OH is 1. The highest BCUT2D eigenvalue weighted by Gasteiger charge is 2.24. The molecular formula is C12H24N2O4. The number of carboxylic acids is 1. The van der Waals surface area contributed by atoms with Crippen LogP contribution in [0.25, 0.3) is 0 Å². The Labute approximate surface area is 108 Å². The summed E-state index contributed by atoms with van der Waals surface area (Å²) in [4.78, 5) is 24.5. The number of hydrogen-bond donors (Lipinski definition) is 3. The molecule has 2 amide bonds. The number of amides is 2. The molecule has 0 unspecified atom stereocenters. The van der Waals surface area contributed by atoms with Gasteiger partial charge in [0.1, 0.15) is 6.04 Å². The van der Waals surface area contributed by atoms with E-state index in [2.05, 4.69) is 5.32 Å². The Balaban J connectivity index is 4.61. The van der Waals surface area contributed by atoms with Crippen molar-refractivity contribution in [1.29, 1.82) is 0 Å². The van der Waals surface area contributed by atoms with E-state index in [9.17, 15) is 9.59 Å². The fourth-order valence-corrected chi connectivity index (χ4v) is 1.54. The average Bonchev–Trinajstić information content (AvgIpc) is 2.24. The van der Waals surface area contributed by atoms with Crippen molar-refractivity contribution in [2.24, 2.45) is 5.92 Å². The number of aliphatic carboxylic acids is 1. The van der Waals surface area contributed by atoms with Crippen molar-refractivity contribution in [3.8, 4) is 0 Å². The Morgan fingerprint density at radius 1 is 1.22 bits per heavy atom. The molecule has 0 aliphatic heterocycles. The molecule has 0 aliphatic carbocycles. The zero-order valence-electron chi connectivity index (χ0n) is 11.5. The molecule has 0 saturated heterocycles. The average molecular weight is 260 g/mol. The van der Waals surface area contributed by atoms with E-state index in [0.29, 0.717) is 12.5 Å². The minimum Gasteiger partial charge on any atom is -0.480 e. The molecule has 0 aromatic rings. The predicted molar refractivity (Wildman–Crippen MR) is 68.3 cm³/mol. The van der Waals surface area contributed by atoms with Crippen molar-refractivity contribution >= 4 is 12.0 Å². The molecule has 106 valence electrons. The van der Waals surface area contributed by atoms with E-state index in [-0.39, 0.29) is 19.1 Å². The van der Waals surface area contributed by atoms with Crippen molar-refractivity contribution in [2.45, 2.75) is 46.2 Å². The molecule has 3 N–H and O–H groups in total. The molecule has 1 atom stereocenters. The first-order valence-corrected chi connectivity index (χ1v) is 6.20. The molecule has 0 fully saturated rings. The van der Waals surface area contributed by atoms with Crippen molar-refractivity contribution < 1.29 is 19.8 Å². The molecule has 0 aliphatic rings. The van der Waals surface area contributed by atoms with Gasteiger partial charge in [-0.05, 0) is 19.8 Å². The van der Waals surface area contributed by atoms with Gasteiger partial charge in [-0.1, -0.05) is 13.8 Å². The molecule has 6 nitrogen and oxygen atoms in total. The minimum atomic E-state index is -1.13. The van der Waals surface area contributed by atoms with Crippen LogP contribution in [0.1, 0.15) is 34.1 Å². The van der Waals surface area contributed by atoms with Gasteiger partial charge in [0, 0.05) is 25.6 Å². The third-order valence-corrected chi connectivity index (χ3v) is 2.46. The third-order valence-electron chi connectivity index (χ3n) is 2.46. The quantitative estimate of drug-likeness (QED) is 0.634. The number of aliphatic hydroxyl groups is 1. The Kier molecular flexibility index (Phi) is 7.35. The molecule has 18 heavy (non-hydrogen) atoms. The zero-order valence-corrected chi connectivity index (χ0v) is 11.5. The molecule has 0 spiro atoms. The summed E-state index contributed by atoms with van der Waals surface area (Å²) in [5.74, 6) is -0.829. The van der Waals surface area contributed by atoms with E-state index in [1.165, 1.54) is 0 Å². The molecule has 6 heteroatoms. The molecular weight excluding hydrogens is 236 g/mol. The first kappa shape index (κ1) is 16.7. The Morgan fingerprint density at radius 2 is 1.78 bits per heavy atom. The van der Waals surface area contributed by atoms with E-state index in [1.807, 2.05) is 27.7 Å². The second-order valence-corrected chi connectivity index (χ2v) is 4.99. The van der Waals surface area contributed by atoms with Crippen molar-refractivity contribution in [1.82, 2.24) is 10.2 Å². The molecule has 0 rings (SSSR count). The number of rotatable bonds is 7. The molecule has 0 saturated carbocycles. The van der Waals surface area contributed by atoms with Crippen LogP contribution >= 0.6 is 0 Å². The van der Waals surface area contributed by atoms with Gasteiger partial charge in [0.2, 0.25) is 0 Å². The van der Waals surface area contributed by atoms with Crippen LogP contribution < -0.4 is 5.32 Å². The second-order valence-electron chi connectivity index (χ2n) is 4.99. The fraction of sp³-hybridized carbons (Fsp3) is 0.833. The SMILES string of the molecule is CC(C)CN(C(=O)N[C@H](CCO)C(=O)O)C(C)C. The van der Waals surface area contributed by atoms with Gasteiger partial charge < -0.3 is 20.4 Å². The lowest BCUT2D eigenvalue weighted by Crippen LogP contribution is -2.51. The first-order chi connectivity index (χ1) is 8.29. The summed E-state index contributed by atoms with van der Waals surface area (Å²) >= 11 is 0. The smallest absolute Gasteiger partial charge is 0.326 e. The molecule has 0 radical (unpaired) electrons. The van der Waals surface area contributed by atoms with Gasteiger partial charge in [-0.3, -0.25) is 0 Å². The van der Waals surface area contributed by atoms with Gasteiger partial charge in [0.05, 0.1) is 0 Å². The highest BCUT2D eigenvalue weighted by Crippen LogP contribution is 2.05. The van der Waals surface area contributed by atoms with Crippen molar-refractivity contribution in [2.75, 3.05) is 13.2 Å². The lowest BCUT2D eigenvalue weighted by molar-refractivity contribution is -0.139.